The standard InChI is InChI=1S/C38H69N5O14/c1-10-18-43(19-11-2)34(48)28(13-15-33(47)51-9)41-31(45)26-54-24-22-52-20-16-39-30(44)14-12-29(35(49)56-37(3,4)5)42-32(46)27-55-25-23-53-21-17-40-36(50)57-38(6,7)8/h28-29H,10-27H2,1-9H3,(H,39,44)(H,40,50)(H,41,45)(H,42,46)/t28-,29-/m0/s1. The van der Waals surface area contributed by atoms with E-state index in [0.29, 0.717) is 13.1 Å². The van der Waals surface area contributed by atoms with E-state index in [4.69, 9.17) is 28.4 Å². The van der Waals surface area contributed by atoms with Gasteiger partial charge in [-0.1, -0.05) is 13.8 Å². The fourth-order valence-corrected chi connectivity index (χ4v) is 4.74. The Bertz CT molecular complexity index is 1220. The largest absolute Gasteiger partial charge is 0.469 e. The van der Waals surface area contributed by atoms with Crippen LogP contribution in [-0.4, -0.2) is 156 Å². The minimum atomic E-state index is -1.10. The van der Waals surface area contributed by atoms with Crippen LogP contribution in [0.15, 0.2) is 0 Å². The molecule has 0 aromatic heterocycles. The molecular formula is C38H69N5O14. The highest BCUT2D eigenvalue weighted by atomic mass is 16.6. The quantitative estimate of drug-likeness (QED) is 0.0456. The van der Waals surface area contributed by atoms with Crippen LogP contribution in [0.3, 0.4) is 0 Å². The molecule has 0 heterocycles. The van der Waals surface area contributed by atoms with Crippen LogP contribution < -0.4 is 21.3 Å². The van der Waals surface area contributed by atoms with E-state index in [1.807, 2.05) is 13.8 Å². The Kier molecular flexibility index (Phi) is 27.9. The van der Waals surface area contributed by atoms with Crippen LogP contribution in [0, 0.1) is 0 Å². The molecule has 0 rings (SSSR count). The van der Waals surface area contributed by atoms with Gasteiger partial charge >= 0.3 is 18.0 Å². The molecule has 19 heteroatoms. The van der Waals surface area contributed by atoms with Crippen LogP contribution in [-0.2, 0) is 61.9 Å². The molecule has 0 saturated carbocycles. The zero-order valence-corrected chi connectivity index (χ0v) is 35.5. The Morgan fingerprint density at radius 2 is 1.05 bits per heavy atom. The molecule has 0 bridgehead atoms. The van der Waals surface area contributed by atoms with E-state index in [1.54, 1.807) is 46.4 Å². The van der Waals surface area contributed by atoms with Gasteiger partial charge in [-0.2, -0.15) is 0 Å². The Labute approximate surface area is 337 Å². The van der Waals surface area contributed by atoms with Crippen LogP contribution in [0.1, 0.15) is 93.9 Å². The molecular weight excluding hydrogens is 750 g/mol. The van der Waals surface area contributed by atoms with Crippen molar-refractivity contribution in [2.75, 3.05) is 86.1 Å². The van der Waals surface area contributed by atoms with E-state index in [9.17, 15) is 33.6 Å². The topological polar surface area (TPSA) is 235 Å². The molecule has 57 heavy (non-hydrogen) atoms. The van der Waals surface area contributed by atoms with Crippen molar-refractivity contribution < 1.29 is 66.7 Å². The second-order valence-corrected chi connectivity index (χ2v) is 14.9. The van der Waals surface area contributed by atoms with E-state index >= 15 is 0 Å². The van der Waals surface area contributed by atoms with E-state index in [2.05, 4.69) is 26.0 Å². The van der Waals surface area contributed by atoms with Crippen LogP contribution in [0.5, 0.6) is 0 Å². The number of carbonyl (C=O) groups excluding carboxylic acids is 7. The molecule has 0 aliphatic heterocycles. The lowest BCUT2D eigenvalue weighted by Crippen LogP contribution is -2.50. The minimum Gasteiger partial charge on any atom is -0.469 e. The van der Waals surface area contributed by atoms with Crippen molar-refractivity contribution in [3.63, 3.8) is 0 Å². The van der Waals surface area contributed by atoms with Gasteiger partial charge in [0.1, 0.15) is 36.5 Å². The van der Waals surface area contributed by atoms with Gasteiger partial charge in [-0.25, -0.2) is 9.59 Å². The molecule has 5 amide bonds. The van der Waals surface area contributed by atoms with Gasteiger partial charge < -0.3 is 59.3 Å². The van der Waals surface area contributed by atoms with Crippen molar-refractivity contribution in [1.82, 2.24) is 26.2 Å². The van der Waals surface area contributed by atoms with Crippen molar-refractivity contribution in [3.8, 4) is 0 Å². The maximum atomic E-state index is 13.1. The summed E-state index contributed by atoms with van der Waals surface area (Å²) in [5.41, 5.74) is -1.43. The lowest BCUT2D eigenvalue weighted by atomic mass is 10.1. The van der Waals surface area contributed by atoms with Crippen molar-refractivity contribution in [2.24, 2.45) is 0 Å². The number of esters is 2. The van der Waals surface area contributed by atoms with Crippen LogP contribution in [0.2, 0.25) is 0 Å². The molecule has 0 aromatic carbocycles. The molecule has 0 unspecified atom stereocenters. The number of nitrogens with one attached hydrogen (secondary N) is 4. The fraction of sp³-hybridized carbons (Fsp3) is 0.816. The third kappa shape index (κ3) is 29.8. The van der Waals surface area contributed by atoms with Gasteiger partial charge in [0.25, 0.3) is 0 Å². The second kappa shape index (κ2) is 30.1. The molecule has 0 radical (unpaired) electrons. The van der Waals surface area contributed by atoms with Gasteiger partial charge in [0, 0.05) is 39.0 Å². The number of hydrogen-bond donors (Lipinski definition) is 4. The first-order valence-electron chi connectivity index (χ1n) is 19.5. The SMILES string of the molecule is CCCN(CCC)C(=O)[C@H](CCC(=O)OC)NC(=O)COCCOCCNC(=O)CC[C@H](NC(=O)COCCOCCNC(=O)OC(C)(C)C)C(=O)OC(C)(C)C. The third-order valence-electron chi connectivity index (χ3n) is 7.18. The first-order valence-corrected chi connectivity index (χ1v) is 19.5. The lowest BCUT2D eigenvalue weighted by Gasteiger charge is -2.27. The number of nitrogens with zero attached hydrogens (tertiary/aromatic N) is 1. The van der Waals surface area contributed by atoms with Gasteiger partial charge in [0.05, 0.1) is 46.8 Å². The summed E-state index contributed by atoms with van der Waals surface area (Å²) in [6, 6.07) is -1.99. The van der Waals surface area contributed by atoms with E-state index in [0.717, 1.165) is 12.8 Å². The summed E-state index contributed by atoms with van der Waals surface area (Å²) in [7, 11) is 1.26. The molecule has 2 atom stereocenters. The van der Waals surface area contributed by atoms with Crippen molar-refractivity contribution in [1.29, 1.82) is 0 Å². The number of amides is 5. The summed E-state index contributed by atoms with van der Waals surface area (Å²) >= 11 is 0. The molecule has 0 aliphatic rings. The van der Waals surface area contributed by atoms with Gasteiger partial charge in [0.15, 0.2) is 0 Å². The molecule has 0 saturated heterocycles. The number of rotatable bonds is 30. The zero-order valence-electron chi connectivity index (χ0n) is 35.5. The number of carbonyl (C=O) groups is 7. The average molecular weight is 820 g/mol. The Morgan fingerprint density at radius 3 is 1.54 bits per heavy atom. The maximum Gasteiger partial charge on any atom is 0.407 e. The molecule has 0 fully saturated rings. The minimum absolute atomic E-state index is 0.0264. The monoisotopic (exact) mass is 819 g/mol. The smallest absolute Gasteiger partial charge is 0.407 e. The number of methoxy groups -OCH3 is 1. The first kappa shape index (κ1) is 52.9. The van der Waals surface area contributed by atoms with Crippen LogP contribution in [0.25, 0.3) is 0 Å². The molecule has 0 aromatic rings. The van der Waals surface area contributed by atoms with Gasteiger partial charge in [0.2, 0.25) is 23.6 Å². The summed E-state index contributed by atoms with van der Waals surface area (Å²) in [6.45, 7) is 15.8. The van der Waals surface area contributed by atoms with Crippen molar-refractivity contribution in [2.45, 2.75) is 117 Å². The lowest BCUT2D eigenvalue weighted by molar-refractivity contribution is -0.159. The first-order chi connectivity index (χ1) is 26.8. The number of ether oxygens (including phenoxy) is 7. The second-order valence-electron chi connectivity index (χ2n) is 14.9. The van der Waals surface area contributed by atoms with E-state index in [1.165, 1.54) is 7.11 Å². The van der Waals surface area contributed by atoms with Crippen molar-refractivity contribution >= 4 is 41.7 Å². The van der Waals surface area contributed by atoms with E-state index in [-0.39, 0.29) is 103 Å². The highest BCUT2D eigenvalue weighted by Gasteiger charge is 2.28. The van der Waals surface area contributed by atoms with Gasteiger partial charge in [-0.3, -0.25) is 24.0 Å². The number of hydrogen-bond acceptors (Lipinski definition) is 14. The Morgan fingerprint density at radius 1 is 0.579 bits per heavy atom. The fourth-order valence-electron chi connectivity index (χ4n) is 4.74. The summed E-state index contributed by atoms with van der Waals surface area (Å²) in [5.74, 6) is -2.91. The van der Waals surface area contributed by atoms with E-state index < -0.39 is 53.1 Å². The van der Waals surface area contributed by atoms with Crippen LogP contribution in [0.4, 0.5) is 4.79 Å². The normalized spacial score (nSPS) is 12.4. The molecule has 0 spiro atoms. The highest BCUT2D eigenvalue weighted by Crippen LogP contribution is 2.11. The Hall–Kier alpha value is -4.07. The summed E-state index contributed by atoms with van der Waals surface area (Å²) < 4.78 is 36.8. The molecule has 0 aliphatic carbocycles. The Balaban J connectivity index is 4.54. The molecule has 4 N–H and O–H groups in total. The molecule has 19 nitrogen and oxygen atoms in total. The number of alkyl carbamates (subject to hydrolysis) is 1. The van der Waals surface area contributed by atoms with Crippen LogP contribution >= 0.6 is 0 Å². The van der Waals surface area contributed by atoms with Gasteiger partial charge in [-0.05, 0) is 67.2 Å². The third-order valence-corrected chi connectivity index (χ3v) is 7.18. The van der Waals surface area contributed by atoms with Crippen molar-refractivity contribution in [3.05, 3.63) is 0 Å². The maximum absolute atomic E-state index is 13.1. The summed E-state index contributed by atoms with van der Waals surface area (Å²) in [4.78, 5) is 88.5. The summed E-state index contributed by atoms with van der Waals surface area (Å²) in [5, 5.41) is 10.5. The average Bonchev–Trinajstić information content (AvgIpc) is 3.11. The predicted octanol–water partition coefficient (Wildman–Crippen LogP) is 1.39. The zero-order chi connectivity index (χ0) is 43.3. The predicted molar refractivity (Wildman–Crippen MR) is 208 cm³/mol. The van der Waals surface area contributed by atoms with Gasteiger partial charge in [-0.15, -0.1) is 0 Å². The molecule has 330 valence electrons. The summed E-state index contributed by atoms with van der Waals surface area (Å²) in [6.07, 6.45) is 0.900. The highest BCUT2D eigenvalue weighted by molar-refractivity contribution is 5.88.